The molecule has 0 saturated heterocycles. The van der Waals surface area contributed by atoms with E-state index in [1.807, 2.05) is 30.3 Å². The zero-order valence-electron chi connectivity index (χ0n) is 13.3. The summed E-state index contributed by atoms with van der Waals surface area (Å²) in [6.45, 7) is 0.364. The summed E-state index contributed by atoms with van der Waals surface area (Å²) in [5.41, 5.74) is 2.68. The Hall–Kier alpha value is -3.21. The van der Waals surface area contributed by atoms with Crippen molar-refractivity contribution >= 4 is 11.9 Å². The summed E-state index contributed by atoms with van der Waals surface area (Å²) in [4.78, 5) is 20.2. The Morgan fingerprint density at radius 1 is 1.16 bits per heavy atom. The summed E-state index contributed by atoms with van der Waals surface area (Å²) in [6.07, 6.45) is 3.88. The number of hydrogen-bond acceptors (Lipinski definition) is 3. The van der Waals surface area contributed by atoms with E-state index in [4.69, 9.17) is 4.74 Å². The number of Topliss-reactive ketones (excluding diaryl/α,β-unsaturated/α-hetero) is 1. The van der Waals surface area contributed by atoms with E-state index in [1.165, 1.54) is 18.2 Å². The molecule has 0 fully saturated rings. The maximum absolute atomic E-state index is 13.5. The fourth-order valence-corrected chi connectivity index (χ4v) is 2.84. The van der Waals surface area contributed by atoms with Crippen LogP contribution in [0.1, 0.15) is 22.6 Å². The Bertz CT molecular complexity index is 961. The van der Waals surface area contributed by atoms with Gasteiger partial charge in [-0.25, -0.2) is 9.37 Å². The minimum absolute atomic E-state index is 0.232. The molecule has 4 rings (SSSR count). The van der Waals surface area contributed by atoms with Crippen LogP contribution in [0.4, 0.5) is 4.39 Å². The van der Waals surface area contributed by atoms with Gasteiger partial charge in [-0.1, -0.05) is 30.3 Å². The highest BCUT2D eigenvalue weighted by molar-refractivity contribution is 6.13. The molecule has 5 heteroatoms. The molecule has 4 nitrogen and oxygen atoms in total. The number of rotatable bonds is 2. The average molecular weight is 334 g/mol. The Morgan fingerprint density at radius 3 is 2.84 bits per heavy atom. The number of carbonyl (C=O) groups is 1. The number of nitrogens with one attached hydrogen (secondary N) is 1. The lowest BCUT2D eigenvalue weighted by molar-refractivity contribution is 0.103. The molecule has 0 saturated carbocycles. The number of imidazole rings is 1. The van der Waals surface area contributed by atoms with Gasteiger partial charge in [0.15, 0.2) is 5.78 Å². The van der Waals surface area contributed by atoms with Gasteiger partial charge in [-0.15, -0.1) is 0 Å². The quantitative estimate of drug-likeness (QED) is 0.712. The van der Waals surface area contributed by atoms with Gasteiger partial charge in [0.2, 0.25) is 0 Å². The van der Waals surface area contributed by atoms with E-state index in [0.717, 1.165) is 11.3 Å². The number of H-pyrrole nitrogens is 1. The molecular formula is C20H15FN2O2. The highest BCUT2D eigenvalue weighted by Crippen LogP contribution is 2.28. The molecule has 1 aliphatic heterocycles. The van der Waals surface area contributed by atoms with Crippen LogP contribution in [0.3, 0.4) is 0 Å². The molecule has 0 spiro atoms. The third kappa shape index (κ3) is 3.08. The maximum atomic E-state index is 13.5. The lowest BCUT2D eigenvalue weighted by Gasteiger charge is -2.04. The lowest BCUT2D eigenvalue weighted by Crippen LogP contribution is -2.03. The molecule has 0 atom stereocenters. The van der Waals surface area contributed by atoms with Crippen LogP contribution in [0.15, 0.2) is 60.3 Å². The Morgan fingerprint density at radius 2 is 2.00 bits per heavy atom. The molecule has 0 radical (unpaired) electrons. The Kier molecular flexibility index (Phi) is 3.90. The van der Waals surface area contributed by atoms with Gasteiger partial charge in [-0.3, -0.25) is 4.79 Å². The van der Waals surface area contributed by atoms with E-state index in [-0.39, 0.29) is 11.3 Å². The standard InChI is InChI=1S/C20H15FN2O2/c21-15-6-7-18-16(11-15)20(24)14(8-9-25-18)10-19-22-12-17(23-19)13-4-2-1-3-5-13/h1-7,10-12H,8-9H2,(H,22,23)/b14-10-. The van der Waals surface area contributed by atoms with Crippen LogP contribution in [0.2, 0.25) is 0 Å². The first-order chi connectivity index (χ1) is 12.2. The van der Waals surface area contributed by atoms with Crippen molar-refractivity contribution in [3.63, 3.8) is 0 Å². The first-order valence-corrected chi connectivity index (χ1v) is 7.99. The minimum Gasteiger partial charge on any atom is -0.492 e. The predicted molar refractivity (Wildman–Crippen MR) is 92.8 cm³/mol. The normalized spacial score (nSPS) is 15.6. The van der Waals surface area contributed by atoms with Crippen molar-refractivity contribution in [3.05, 3.63) is 77.5 Å². The molecule has 0 aliphatic carbocycles. The summed E-state index contributed by atoms with van der Waals surface area (Å²) >= 11 is 0. The number of aromatic amines is 1. The number of nitrogens with zero attached hydrogens (tertiary/aromatic N) is 1. The topological polar surface area (TPSA) is 55.0 Å². The van der Waals surface area contributed by atoms with Crippen LogP contribution in [0, 0.1) is 5.82 Å². The number of carbonyl (C=O) groups excluding carboxylic acids is 1. The summed E-state index contributed by atoms with van der Waals surface area (Å²) in [5.74, 6) is 0.312. The van der Waals surface area contributed by atoms with Crippen LogP contribution < -0.4 is 4.74 Å². The number of fused-ring (bicyclic) bond motifs is 1. The smallest absolute Gasteiger partial charge is 0.193 e. The number of hydrogen-bond donors (Lipinski definition) is 1. The number of aromatic nitrogens is 2. The monoisotopic (exact) mass is 334 g/mol. The first kappa shape index (κ1) is 15.3. The third-order valence-electron chi connectivity index (χ3n) is 4.10. The van der Waals surface area contributed by atoms with E-state index in [9.17, 15) is 9.18 Å². The second kappa shape index (κ2) is 6.36. The molecule has 1 N–H and O–H groups in total. The van der Waals surface area contributed by atoms with Crippen molar-refractivity contribution in [1.82, 2.24) is 9.97 Å². The van der Waals surface area contributed by atoms with E-state index in [2.05, 4.69) is 9.97 Å². The molecule has 3 aromatic rings. The molecule has 124 valence electrons. The van der Waals surface area contributed by atoms with Crippen LogP contribution in [-0.4, -0.2) is 22.4 Å². The molecule has 0 amide bonds. The molecular weight excluding hydrogens is 319 g/mol. The van der Waals surface area contributed by atoms with Crippen molar-refractivity contribution < 1.29 is 13.9 Å². The van der Waals surface area contributed by atoms with Crippen molar-refractivity contribution in [1.29, 1.82) is 0 Å². The van der Waals surface area contributed by atoms with E-state index < -0.39 is 5.82 Å². The third-order valence-corrected chi connectivity index (χ3v) is 4.10. The molecule has 0 bridgehead atoms. The maximum Gasteiger partial charge on any atom is 0.193 e. The second-order valence-electron chi connectivity index (χ2n) is 5.79. The summed E-state index contributed by atoms with van der Waals surface area (Å²) < 4.78 is 19.1. The van der Waals surface area contributed by atoms with E-state index in [1.54, 1.807) is 12.3 Å². The van der Waals surface area contributed by atoms with Crippen molar-refractivity contribution in [2.24, 2.45) is 0 Å². The van der Waals surface area contributed by atoms with Crippen LogP contribution in [-0.2, 0) is 0 Å². The number of benzene rings is 2. The fourth-order valence-electron chi connectivity index (χ4n) is 2.84. The summed E-state index contributed by atoms with van der Waals surface area (Å²) in [6, 6.07) is 13.8. The zero-order valence-corrected chi connectivity index (χ0v) is 13.3. The molecule has 0 unspecified atom stereocenters. The zero-order chi connectivity index (χ0) is 17.2. The largest absolute Gasteiger partial charge is 0.492 e. The predicted octanol–water partition coefficient (Wildman–Crippen LogP) is 4.26. The van der Waals surface area contributed by atoms with E-state index in [0.29, 0.717) is 30.2 Å². The fraction of sp³-hybridized carbons (Fsp3) is 0.100. The van der Waals surface area contributed by atoms with Gasteiger partial charge in [0, 0.05) is 12.0 Å². The summed E-state index contributed by atoms with van der Waals surface area (Å²) in [7, 11) is 0. The second-order valence-corrected chi connectivity index (χ2v) is 5.79. The molecule has 2 aromatic carbocycles. The number of ketones is 1. The molecule has 2 heterocycles. The van der Waals surface area contributed by atoms with Gasteiger partial charge in [-0.2, -0.15) is 0 Å². The van der Waals surface area contributed by atoms with Gasteiger partial charge in [0.05, 0.1) is 24.1 Å². The van der Waals surface area contributed by atoms with Gasteiger partial charge >= 0.3 is 0 Å². The molecule has 25 heavy (non-hydrogen) atoms. The lowest BCUT2D eigenvalue weighted by atomic mass is 10.0. The molecule has 1 aromatic heterocycles. The highest BCUT2D eigenvalue weighted by atomic mass is 19.1. The van der Waals surface area contributed by atoms with Crippen LogP contribution >= 0.6 is 0 Å². The van der Waals surface area contributed by atoms with Crippen molar-refractivity contribution in [2.75, 3.05) is 6.61 Å². The van der Waals surface area contributed by atoms with Gasteiger partial charge < -0.3 is 9.72 Å². The van der Waals surface area contributed by atoms with Crippen molar-refractivity contribution in [2.45, 2.75) is 6.42 Å². The van der Waals surface area contributed by atoms with Gasteiger partial charge in [0.1, 0.15) is 17.4 Å². The van der Waals surface area contributed by atoms with Gasteiger partial charge in [-0.05, 0) is 29.8 Å². The SMILES string of the molecule is O=C1/C(=C\c2ncc(-c3ccccc3)[nH]2)CCOc2ccc(F)cc21. The number of ether oxygens (including phenoxy) is 1. The number of halogens is 1. The van der Waals surface area contributed by atoms with Crippen molar-refractivity contribution in [3.8, 4) is 17.0 Å². The minimum atomic E-state index is -0.457. The highest BCUT2D eigenvalue weighted by Gasteiger charge is 2.22. The van der Waals surface area contributed by atoms with Crippen LogP contribution in [0.25, 0.3) is 17.3 Å². The summed E-state index contributed by atoms with van der Waals surface area (Å²) in [5, 5.41) is 0. The molecule has 1 aliphatic rings. The van der Waals surface area contributed by atoms with Crippen LogP contribution in [0.5, 0.6) is 5.75 Å². The Balaban J connectivity index is 1.67. The van der Waals surface area contributed by atoms with Gasteiger partial charge in [0.25, 0.3) is 0 Å². The average Bonchev–Trinajstić information content (AvgIpc) is 3.05. The first-order valence-electron chi connectivity index (χ1n) is 7.99. The van der Waals surface area contributed by atoms with E-state index >= 15 is 0 Å². The Labute approximate surface area is 144 Å².